The molecule has 0 unspecified atom stereocenters. The van der Waals surface area contributed by atoms with E-state index in [0.29, 0.717) is 0 Å². The summed E-state index contributed by atoms with van der Waals surface area (Å²) < 4.78 is 1.32. The number of aromatic nitrogens is 3. The van der Waals surface area contributed by atoms with E-state index in [0.717, 1.165) is 4.68 Å². The minimum Gasteiger partial charge on any atom is -0.334 e. The molecule has 0 atom stereocenters. The summed E-state index contributed by atoms with van der Waals surface area (Å²) in [6.45, 7) is -0.122. The first-order valence-electron chi connectivity index (χ1n) is 3.32. The lowest BCUT2D eigenvalue weighted by Gasteiger charge is -2.04. The maximum atomic E-state index is 10.7. The third kappa shape index (κ3) is 2.16. The molecule has 7 N–H and O–H groups in total. The number of carbonyl (C=O) groups excluding carboxylic acids is 1. The average Bonchev–Trinajstić information content (AvgIpc) is 2.44. The van der Waals surface area contributed by atoms with Gasteiger partial charge in [0, 0.05) is 0 Å². The number of anilines is 1. The maximum absolute atomic E-state index is 10.7. The highest BCUT2D eigenvalue weighted by atomic mass is 32.1. The van der Waals surface area contributed by atoms with Crippen molar-refractivity contribution in [3.8, 4) is 0 Å². The first-order valence-corrected chi connectivity index (χ1v) is 3.73. The zero-order valence-electron chi connectivity index (χ0n) is 6.57. The van der Waals surface area contributed by atoms with Crippen molar-refractivity contribution in [3.63, 3.8) is 0 Å². The summed E-state index contributed by atoms with van der Waals surface area (Å²) in [6.07, 6.45) is 0. The summed E-state index contributed by atoms with van der Waals surface area (Å²) >= 11 is 4.72. The minimum absolute atomic E-state index is 0.122. The molecule has 0 spiro atoms. The highest BCUT2D eigenvalue weighted by molar-refractivity contribution is 7.71. The fourth-order valence-corrected chi connectivity index (χ4v) is 0.702. The molecule has 1 rings (SSSR count). The van der Waals surface area contributed by atoms with Crippen LogP contribution in [0.4, 0.5) is 5.95 Å². The predicted molar refractivity (Wildman–Crippen MR) is 48.4 cm³/mol. The van der Waals surface area contributed by atoms with Crippen molar-refractivity contribution >= 4 is 24.1 Å². The van der Waals surface area contributed by atoms with Gasteiger partial charge in [0.25, 0.3) is 11.9 Å². The number of H-pyrrole nitrogens is 1. The molecule has 0 saturated carbocycles. The molecule has 0 radical (unpaired) electrons. The molecule has 0 aliphatic carbocycles. The van der Waals surface area contributed by atoms with E-state index in [2.05, 4.69) is 21.0 Å². The monoisotopic (exact) mass is 203 g/mol. The van der Waals surface area contributed by atoms with Gasteiger partial charge in [0.1, 0.15) is 0 Å². The number of hydrazine groups is 1. The van der Waals surface area contributed by atoms with Gasteiger partial charge in [0.05, 0.1) is 6.54 Å². The summed E-state index contributed by atoms with van der Waals surface area (Å²) in [5.74, 6) is 5.22. The smallest absolute Gasteiger partial charge is 0.260 e. The van der Waals surface area contributed by atoms with E-state index in [1.807, 2.05) is 0 Å². The van der Waals surface area contributed by atoms with Crippen LogP contribution in [-0.4, -0.2) is 27.3 Å². The summed E-state index contributed by atoms with van der Waals surface area (Å²) in [4.78, 5) is 10.7. The molecule has 1 heterocycles. The average molecular weight is 203 g/mol. The van der Waals surface area contributed by atoms with E-state index >= 15 is 0 Å². The number of hydrogen-bond donors (Lipinski definition) is 5. The van der Waals surface area contributed by atoms with Crippen LogP contribution in [0.3, 0.4) is 0 Å². The lowest BCUT2D eigenvalue weighted by atomic mass is 10.6. The van der Waals surface area contributed by atoms with Gasteiger partial charge in [-0.2, -0.15) is 4.68 Å². The van der Waals surface area contributed by atoms with Crippen LogP contribution >= 0.6 is 12.2 Å². The normalized spacial score (nSPS) is 9.62. The second-order valence-electron chi connectivity index (χ2n) is 2.10. The molecular weight excluding hydrogens is 194 g/mol. The molecule has 72 valence electrons. The summed E-state index contributed by atoms with van der Waals surface area (Å²) in [5, 5.41) is 6.10. The van der Waals surface area contributed by atoms with Crippen molar-refractivity contribution in [2.75, 3.05) is 17.8 Å². The predicted octanol–water partition coefficient (Wildman–Crippen LogP) is -1.94. The van der Waals surface area contributed by atoms with Crippen LogP contribution in [0.2, 0.25) is 0 Å². The molecule has 0 fully saturated rings. The van der Waals surface area contributed by atoms with E-state index < -0.39 is 0 Å². The van der Waals surface area contributed by atoms with Crippen LogP contribution in [0.5, 0.6) is 0 Å². The van der Waals surface area contributed by atoms with Gasteiger partial charge >= 0.3 is 0 Å². The minimum atomic E-state index is -0.381. The lowest BCUT2D eigenvalue weighted by molar-refractivity contribution is -0.119. The Morgan fingerprint density at radius 1 is 1.77 bits per heavy atom. The van der Waals surface area contributed by atoms with Crippen molar-refractivity contribution < 1.29 is 4.79 Å². The van der Waals surface area contributed by atoms with Crippen LogP contribution in [0.1, 0.15) is 0 Å². The Morgan fingerprint density at radius 3 is 2.92 bits per heavy atom. The van der Waals surface area contributed by atoms with Gasteiger partial charge in [0.2, 0.25) is 4.77 Å². The Bertz CT molecular complexity index is 354. The number of carbonyl (C=O) groups is 1. The fourth-order valence-electron chi connectivity index (χ4n) is 0.570. The van der Waals surface area contributed by atoms with Crippen LogP contribution in [0.15, 0.2) is 0 Å². The first-order chi connectivity index (χ1) is 6.15. The van der Waals surface area contributed by atoms with Crippen LogP contribution in [0.25, 0.3) is 0 Å². The van der Waals surface area contributed by atoms with Gasteiger partial charge in [0.15, 0.2) is 0 Å². The molecule has 9 heteroatoms. The molecule has 0 aliphatic rings. The van der Waals surface area contributed by atoms with E-state index in [4.69, 9.17) is 23.8 Å². The zero-order valence-corrected chi connectivity index (χ0v) is 7.39. The van der Waals surface area contributed by atoms with Crippen molar-refractivity contribution in [3.05, 3.63) is 4.77 Å². The highest BCUT2D eigenvalue weighted by Crippen LogP contribution is 1.94. The Hall–Kier alpha value is -1.61. The Labute approximate surface area is 78.2 Å². The molecule has 13 heavy (non-hydrogen) atoms. The van der Waals surface area contributed by atoms with Gasteiger partial charge < -0.3 is 11.6 Å². The van der Waals surface area contributed by atoms with Gasteiger partial charge in [-0.25, -0.2) is 5.10 Å². The van der Waals surface area contributed by atoms with Gasteiger partial charge in [-0.15, -0.1) is 5.10 Å². The third-order valence-electron chi connectivity index (χ3n) is 1.20. The Balaban J connectivity index is 2.60. The van der Waals surface area contributed by atoms with E-state index in [1.165, 1.54) is 0 Å². The van der Waals surface area contributed by atoms with Gasteiger partial charge in [-0.3, -0.25) is 15.6 Å². The largest absolute Gasteiger partial charge is 0.334 e. The zero-order chi connectivity index (χ0) is 9.84. The lowest BCUT2D eigenvalue weighted by Crippen LogP contribution is -2.36. The first kappa shape index (κ1) is 9.48. The number of nitrogens with zero attached hydrogens (tertiary/aromatic N) is 2. The third-order valence-corrected chi connectivity index (χ3v) is 1.49. The van der Waals surface area contributed by atoms with Crippen molar-refractivity contribution in [2.45, 2.75) is 0 Å². The van der Waals surface area contributed by atoms with Gasteiger partial charge in [-0.05, 0) is 12.2 Å². The number of nitrogens with one attached hydrogen (secondary N) is 3. The standard InChI is InChI=1S/C4H9N7OS/c5-1-2(12)7-8-3-9-10-4(13)11(3)6/h1,5-6H2,(H,7,12)(H,8,9)(H,10,13). The molecule has 0 aliphatic heterocycles. The molecule has 1 amide bonds. The van der Waals surface area contributed by atoms with E-state index in [-0.39, 0.29) is 23.2 Å². The molecule has 1 aromatic rings. The number of nitrogen functional groups attached to an aromatic ring is 1. The SMILES string of the molecule is NCC(=O)NNc1n[nH]c(=S)n1N. The topological polar surface area (TPSA) is 127 Å². The number of aromatic amines is 1. The fraction of sp³-hybridized carbons (Fsp3) is 0.250. The maximum Gasteiger partial charge on any atom is 0.260 e. The summed E-state index contributed by atoms with van der Waals surface area (Å²) in [7, 11) is 0. The quantitative estimate of drug-likeness (QED) is 0.221. The number of amides is 1. The number of nitrogens with two attached hydrogens (primary N) is 2. The van der Waals surface area contributed by atoms with Gasteiger partial charge in [-0.1, -0.05) is 0 Å². The summed E-state index contributed by atoms with van der Waals surface area (Å²) in [6, 6.07) is 0. The van der Waals surface area contributed by atoms with Crippen LogP contribution in [0, 0.1) is 4.77 Å². The molecule has 0 saturated heterocycles. The second kappa shape index (κ2) is 3.87. The number of rotatable bonds is 3. The van der Waals surface area contributed by atoms with E-state index in [9.17, 15) is 4.79 Å². The molecule has 0 bridgehead atoms. The molecule has 8 nitrogen and oxygen atoms in total. The molecule has 1 aromatic heterocycles. The number of hydrogen-bond acceptors (Lipinski definition) is 6. The summed E-state index contributed by atoms with van der Waals surface area (Å²) in [5.41, 5.74) is 9.73. The van der Waals surface area contributed by atoms with Crippen molar-refractivity contribution in [1.82, 2.24) is 20.3 Å². The molecular formula is C4H9N7OS. The van der Waals surface area contributed by atoms with Crippen LogP contribution in [-0.2, 0) is 4.79 Å². The second-order valence-corrected chi connectivity index (χ2v) is 2.49. The molecule has 0 aromatic carbocycles. The van der Waals surface area contributed by atoms with Crippen LogP contribution < -0.4 is 22.4 Å². The van der Waals surface area contributed by atoms with Crippen molar-refractivity contribution in [1.29, 1.82) is 0 Å². The Kier molecular flexibility index (Phi) is 2.82. The van der Waals surface area contributed by atoms with E-state index in [1.54, 1.807) is 0 Å². The Morgan fingerprint density at radius 2 is 2.46 bits per heavy atom. The highest BCUT2D eigenvalue weighted by Gasteiger charge is 2.02. The van der Waals surface area contributed by atoms with Crippen molar-refractivity contribution in [2.24, 2.45) is 5.73 Å².